The summed E-state index contributed by atoms with van der Waals surface area (Å²) in [6.45, 7) is 3.51. The molecule has 2 heterocycles. The Hall–Kier alpha value is -3.16. The molecule has 1 aromatic carbocycles. The Morgan fingerprint density at radius 2 is 2.04 bits per heavy atom. The Labute approximate surface area is 138 Å². The van der Waals surface area contributed by atoms with Crippen molar-refractivity contribution in [2.24, 2.45) is 7.05 Å². The lowest BCUT2D eigenvalue weighted by molar-refractivity contribution is -0.122. The van der Waals surface area contributed by atoms with Gasteiger partial charge in [0, 0.05) is 7.05 Å². The fraction of sp³-hybridized carbons (Fsp3) is 0.250. The van der Waals surface area contributed by atoms with Gasteiger partial charge in [-0.2, -0.15) is 5.10 Å². The highest BCUT2D eigenvalue weighted by atomic mass is 16.5. The summed E-state index contributed by atoms with van der Waals surface area (Å²) >= 11 is 0. The van der Waals surface area contributed by atoms with Crippen molar-refractivity contribution in [3.05, 3.63) is 42.1 Å². The van der Waals surface area contributed by atoms with E-state index in [-0.39, 0.29) is 17.8 Å². The van der Waals surface area contributed by atoms with Crippen molar-refractivity contribution in [3.63, 3.8) is 0 Å². The fourth-order valence-corrected chi connectivity index (χ4v) is 2.15. The lowest BCUT2D eigenvalue weighted by Crippen LogP contribution is -2.30. The SMILES string of the molecule is Cc1cc(-c2nnc(NC(=O)C(C)Oc3ccccc3)o2)n(C)n1. The van der Waals surface area contributed by atoms with Crippen LogP contribution in [0.4, 0.5) is 6.01 Å². The van der Waals surface area contributed by atoms with Crippen molar-refractivity contribution in [1.29, 1.82) is 0 Å². The van der Waals surface area contributed by atoms with Gasteiger partial charge in [0.1, 0.15) is 11.4 Å². The Kier molecular flexibility index (Phi) is 4.28. The molecule has 8 heteroatoms. The molecule has 0 spiro atoms. The van der Waals surface area contributed by atoms with Gasteiger partial charge in [-0.3, -0.25) is 14.8 Å². The molecule has 0 aliphatic rings. The standard InChI is InChI=1S/C16H17N5O3/c1-10-9-13(21(3)20-10)15-18-19-16(24-15)17-14(22)11(2)23-12-7-5-4-6-8-12/h4-9,11H,1-3H3,(H,17,19,22). The lowest BCUT2D eigenvalue weighted by Gasteiger charge is -2.12. The average Bonchev–Trinajstić information content (AvgIpc) is 3.14. The van der Waals surface area contributed by atoms with Crippen molar-refractivity contribution in [3.8, 4) is 17.3 Å². The molecule has 2 aromatic heterocycles. The molecule has 0 fully saturated rings. The zero-order valence-corrected chi connectivity index (χ0v) is 13.6. The molecule has 124 valence electrons. The van der Waals surface area contributed by atoms with Gasteiger partial charge < -0.3 is 9.15 Å². The first kappa shape index (κ1) is 15.7. The molecule has 24 heavy (non-hydrogen) atoms. The molecule has 1 N–H and O–H groups in total. The summed E-state index contributed by atoms with van der Waals surface area (Å²) in [6, 6.07) is 10.9. The zero-order valence-electron chi connectivity index (χ0n) is 13.6. The molecular weight excluding hydrogens is 310 g/mol. The van der Waals surface area contributed by atoms with Crippen molar-refractivity contribution in [2.45, 2.75) is 20.0 Å². The van der Waals surface area contributed by atoms with Crippen LogP contribution in [0.2, 0.25) is 0 Å². The van der Waals surface area contributed by atoms with Crippen molar-refractivity contribution >= 4 is 11.9 Å². The predicted molar refractivity (Wildman–Crippen MR) is 86.4 cm³/mol. The molecule has 1 amide bonds. The summed E-state index contributed by atoms with van der Waals surface area (Å²) in [6.07, 6.45) is -0.707. The maximum atomic E-state index is 12.2. The maximum Gasteiger partial charge on any atom is 0.322 e. The van der Waals surface area contributed by atoms with Crippen LogP contribution in [0.1, 0.15) is 12.6 Å². The molecule has 0 saturated heterocycles. The van der Waals surface area contributed by atoms with Crippen molar-refractivity contribution in [2.75, 3.05) is 5.32 Å². The second-order valence-electron chi connectivity index (χ2n) is 5.27. The largest absolute Gasteiger partial charge is 0.481 e. The topological polar surface area (TPSA) is 95.1 Å². The van der Waals surface area contributed by atoms with E-state index in [1.165, 1.54) is 0 Å². The van der Waals surface area contributed by atoms with Gasteiger partial charge in [-0.1, -0.05) is 23.3 Å². The number of para-hydroxylation sites is 1. The van der Waals surface area contributed by atoms with E-state index in [0.717, 1.165) is 5.69 Å². The molecule has 3 aromatic rings. The summed E-state index contributed by atoms with van der Waals surface area (Å²) in [4.78, 5) is 12.2. The summed E-state index contributed by atoms with van der Waals surface area (Å²) in [5, 5.41) is 14.5. The predicted octanol–water partition coefficient (Wildman–Crippen LogP) is 2.18. The van der Waals surface area contributed by atoms with Crippen LogP contribution in [0, 0.1) is 6.92 Å². The van der Waals surface area contributed by atoms with E-state index < -0.39 is 6.10 Å². The highest BCUT2D eigenvalue weighted by Gasteiger charge is 2.19. The highest BCUT2D eigenvalue weighted by molar-refractivity contribution is 5.92. The van der Waals surface area contributed by atoms with Gasteiger partial charge in [0.15, 0.2) is 6.10 Å². The van der Waals surface area contributed by atoms with Crippen LogP contribution >= 0.6 is 0 Å². The lowest BCUT2D eigenvalue weighted by atomic mass is 10.3. The third-order valence-electron chi connectivity index (χ3n) is 3.30. The highest BCUT2D eigenvalue weighted by Crippen LogP contribution is 2.20. The number of hydrogen-bond donors (Lipinski definition) is 1. The number of benzene rings is 1. The number of carbonyl (C=O) groups excluding carboxylic acids is 1. The van der Waals surface area contributed by atoms with Gasteiger partial charge in [0.2, 0.25) is 0 Å². The summed E-state index contributed by atoms with van der Waals surface area (Å²) in [5.41, 5.74) is 1.51. The van der Waals surface area contributed by atoms with Crippen molar-refractivity contribution < 1.29 is 13.9 Å². The first-order chi connectivity index (χ1) is 11.5. The molecule has 8 nitrogen and oxygen atoms in total. The molecule has 0 saturated carbocycles. The van der Waals surface area contributed by atoms with Gasteiger partial charge >= 0.3 is 6.01 Å². The number of hydrogen-bond acceptors (Lipinski definition) is 6. The maximum absolute atomic E-state index is 12.2. The number of rotatable bonds is 5. The molecule has 1 atom stereocenters. The van der Waals surface area contributed by atoms with E-state index in [1.54, 1.807) is 30.8 Å². The number of ether oxygens (including phenoxy) is 1. The van der Waals surface area contributed by atoms with Gasteiger partial charge in [-0.05, 0) is 32.0 Å². The zero-order chi connectivity index (χ0) is 17.1. The summed E-state index contributed by atoms with van der Waals surface area (Å²) in [5.74, 6) is 0.511. The minimum absolute atomic E-state index is 0.0114. The van der Waals surface area contributed by atoms with E-state index in [9.17, 15) is 4.79 Å². The van der Waals surface area contributed by atoms with Crippen LogP contribution in [0.3, 0.4) is 0 Å². The smallest absolute Gasteiger partial charge is 0.322 e. The van der Waals surface area contributed by atoms with Gasteiger partial charge in [0.05, 0.1) is 5.69 Å². The minimum Gasteiger partial charge on any atom is -0.481 e. The molecule has 1 unspecified atom stereocenters. The minimum atomic E-state index is -0.707. The van der Waals surface area contributed by atoms with E-state index in [0.29, 0.717) is 11.4 Å². The van der Waals surface area contributed by atoms with E-state index in [4.69, 9.17) is 9.15 Å². The second-order valence-corrected chi connectivity index (χ2v) is 5.27. The average molecular weight is 327 g/mol. The van der Waals surface area contributed by atoms with Gasteiger partial charge in [-0.15, -0.1) is 5.10 Å². The number of carbonyl (C=O) groups is 1. The van der Waals surface area contributed by atoms with Crippen molar-refractivity contribution in [1.82, 2.24) is 20.0 Å². The van der Waals surface area contributed by atoms with Crippen LogP contribution < -0.4 is 10.1 Å². The molecular formula is C16H17N5O3. The Balaban J connectivity index is 1.66. The van der Waals surface area contributed by atoms with E-state index in [1.807, 2.05) is 31.2 Å². The monoisotopic (exact) mass is 327 g/mol. The Bertz CT molecular complexity index is 841. The second kappa shape index (κ2) is 6.53. The van der Waals surface area contributed by atoms with Crippen LogP contribution in [-0.2, 0) is 11.8 Å². The van der Waals surface area contributed by atoms with Crippen LogP contribution in [-0.4, -0.2) is 32.0 Å². The Morgan fingerprint density at radius 1 is 1.29 bits per heavy atom. The summed E-state index contributed by atoms with van der Waals surface area (Å²) < 4.78 is 12.6. The fourth-order valence-electron chi connectivity index (χ4n) is 2.15. The first-order valence-corrected chi connectivity index (χ1v) is 7.40. The summed E-state index contributed by atoms with van der Waals surface area (Å²) in [7, 11) is 1.78. The van der Waals surface area contributed by atoms with E-state index in [2.05, 4.69) is 20.6 Å². The number of amides is 1. The van der Waals surface area contributed by atoms with Crippen LogP contribution in [0.25, 0.3) is 11.6 Å². The normalized spacial score (nSPS) is 12.0. The molecule has 0 aliphatic carbocycles. The van der Waals surface area contributed by atoms with Crippen LogP contribution in [0.5, 0.6) is 5.75 Å². The number of aromatic nitrogens is 4. The number of nitrogens with one attached hydrogen (secondary N) is 1. The molecule has 3 rings (SSSR count). The molecule has 0 aliphatic heterocycles. The van der Waals surface area contributed by atoms with Crippen LogP contribution in [0.15, 0.2) is 40.8 Å². The number of aryl methyl sites for hydroxylation is 2. The van der Waals surface area contributed by atoms with Gasteiger partial charge in [0.25, 0.3) is 11.8 Å². The molecule has 0 radical (unpaired) electrons. The third-order valence-corrected chi connectivity index (χ3v) is 3.30. The quantitative estimate of drug-likeness (QED) is 0.772. The van der Waals surface area contributed by atoms with E-state index >= 15 is 0 Å². The van der Waals surface area contributed by atoms with Gasteiger partial charge in [-0.25, -0.2) is 0 Å². The molecule has 0 bridgehead atoms. The first-order valence-electron chi connectivity index (χ1n) is 7.40. The number of nitrogens with zero attached hydrogens (tertiary/aromatic N) is 4. The third kappa shape index (κ3) is 3.43. The number of anilines is 1. The Morgan fingerprint density at radius 3 is 2.71 bits per heavy atom.